The first-order valence-electron chi connectivity index (χ1n) is 9.92. The molecule has 0 aliphatic carbocycles. The fourth-order valence-corrected chi connectivity index (χ4v) is 4.93. The summed E-state index contributed by atoms with van der Waals surface area (Å²) >= 11 is 18.3. The maximum absolute atomic E-state index is 14.9. The molecule has 4 nitrogen and oxygen atoms in total. The predicted molar refractivity (Wildman–Crippen MR) is 130 cm³/mol. The third kappa shape index (κ3) is 3.64. The van der Waals surface area contributed by atoms with Crippen LogP contribution < -0.4 is 10.2 Å². The van der Waals surface area contributed by atoms with E-state index < -0.39 is 0 Å². The summed E-state index contributed by atoms with van der Waals surface area (Å²) in [5.74, 6) is -0.356. The average molecular weight is 483 g/mol. The van der Waals surface area contributed by atoms with Crippen molar-refractivity contribution in [3.63, 3.8) is 0 Å². The van der Waals surface area contributed by atoms with E-state index >= 15 is 0 Å². The minimum atomic E-state index is -0.379. The minimum Gasteiger partial charge on any atom is -0.351 e. The molecule has 2 atom stereocenters. The number of hydrogen-bond acceptors (Lipinski definition) is 2. The Balaban J connectivity index is 1.70. The van der Waals surface area contributed by atoms with Gasteiger partial charge in [0.2, 0.25) is 0 Å². The fourth-order valence-electron chi connectivity index (χ4n) is 4.09. The van der Waals surface area contributed by atoms with Crippen molar-refractivity contribution in [2.75, 3.05) is 4.90 Å². The van der Waals surface area contributed by atoms with Crippen molar-refractivity contribution < 1.29 is 4.39 Å². The van der Waals surface area contributed by atoms with Crippen LogP contribution in [-0.4, -0.2) is 14.7 Å². The van der Waals surface area contributed by atoms with E-state index in [0.29, 0.717) is 20.8 Å². The molecule has 1 saturated heterocycles. The predicted octanol–water partition coefficient (Wildman–Crippen LogP) is 6.50. The van der Waals surface area contributed by atoms with Gasteiger partial charge in [-0.2, -0.15) is 0 Å². The zero-order valence-electron chi connectivity index (χ0n) is 16.6. The third-order valence-electron chi connectivity index (χ3n) is 5.46. The van der Waals surface area contributed by atoms with Gasteiger partial charge in [0.1, 0.15) is 11.9 Å². The van der Waals surface area contributed by atoms with Gasteiger partial charge < -0.3 is 14.8 Å². The summed E-state index contributed by atoms with van der Waals surface area (Å²) in [7, 11) is 0. The molecule has 0 unspecified atom stereocenters. The normalized spacial score (nSPS) is 18.1. The number of hydrogen-bond donors (Lipinski definition) is 1. The molecule has 160 valence electrons. The van der Waals surface area contributed by atoms with Crippen LogP contribution in [0, 0.1) is 5.82 Å². The van der Waals surface area contributed by atoms with E-state index in [4.69, 9.17) is 35.4 Å². The van der Waals surface area contributed by atoms with Crippen molar-refractivity contribution in [3.8, 4) is 5.69 Å². The second kappa shape index (κ2) is 8.54. The Bertz CT molecular complexity index is 1290. The van der Waals surface area contributed by atoms with Gasteiger partial charge >= 0.3 is 0 Å². The molecule has 0 radical (unpaired) electrons. The van der Waals surface area contributed by atoms with Crippen molar-refractivity contribution >= 4 is 46.2 Å². The highest BCUT2D eigenvalue weighted by Crippen LogP contribution is 2.43. The van der Waals surface area contributed by atoms with E-state index in [1.54, 1.807) is 41.4 Å². The Labute approximate surface area is 200 Å². The largest absolute Gasteiger partial charge is 0.351 e. The second-order valence-corrected chi connectivity index (χ2v) is 8.58. The lowest BCUT2D eigenvalue weighted by atomic mass is 10.0. The first-order chi connectivity index (χ1) is 15.5. The second-order valence-electron chi connectivity index (χ2n) is 7.35. The Kier molecular flexibility index (Phi) is 5.59. The molecule has 1 N–H and O–H groups in total. The van der Waals surface area contributed by atoms with Crippen LogP contribution in [0.4, 0.5) is 10.1 Å². The number of nitrogens with zero attached hydrogens (tertiary/aromatic N) is 3. The molecule has 4 aromatic rings. The van der Waals surface area contributed by atoms with Crippen LogP contribution in [0.3, 0.4) is 0 Å². The summed E-state index contributed by atoms with van der Waals surface area (Å²) < 4.78 is 16.9. The maximum Gasteiger partial charge on any atom is 0.174 e. The lowest BCUT2D eigenvalue weighted by molar-refractivity contribution is 0.542. The molecule has 1 aliphatic rings. The molecule has 1 aliphatic heterocycles. The standard InChI is InChI=1S/C24H17Cl2FN4S/c25-15-10-11-19(16(26)14-15)30-13-5-9-21(30)23-22(18-7-3-4-12-28-18)29-24(32)31(23)20-8-2-1-6-17(20)27/h1-14,22-23H,(H,29,32)/t22-,23-/m1/s1. The summed E-state index contributed by atoms with van der Waals surface area (Å²) in [6.07, 6.45) is 3.65. The Morgan fingerprint density at radius 3 is 2.50 bits per heavy atom. The van der Waals surface area contributed by atoms with Crippen molar-refractivity contribution in [1.82, 2.24) is 14.9 Å². The van der Waals surface area contributed by atoms with Gasteiger partial charge in [-0.15, -0.1) is 0 Å². The number of thiocarbonyl (C=S) groups is 1. The van der Waals surface area contributed by atoms with Crippen LogP contribution >= 0.6 is 35.4 Å². The van der Waals surface area contributed by atoms with Crippen molar-refractivity contribution in [3.05, 3.63) is 112 Å². The van der Waals surface area contributed by atoms with Crippen molar-refractivity contribution in [1.29, 1.82) is 0 Å². The molecule has 0 bridgehead atoms. The van der Waals surface area contributed by atoms with Crippen LogP contribution in [0.2, 0.25) is 10.0 Å². The zero-order chi connectivity index (χ0) is 22.2. The van der Waals surface area contributed by atoms with E-state index in [1.807, 2.05) is 47.2 Å². The molecule has 3 heterocycles. The molecule has 0 spiro atoms. The van der Waals surface area contributed by atoms with Gasteiger partial charge in [-0.1, -0.05) is 41.4 Å². The number of nitrogens with one attached hydrogen (secondary N) is 1. The lowest BCUT2D eigenvalue weighted by Gasteiger charge is -2.29. The molecular weight excluding hydrogens is 466 g/mol. The maximum atomic E-state index is 14.9. The molecule has 2 aromatic heterocycles. The highest BCUT2D eigenvalue weighted by atomic mass is 35.5. The molecule has 5 rings (SSSR count). The van der Waals surface area contributed by atoms with E-state index in [9.17, 15) is 4.39 Å². The van der Waals surface area contributed by atoms with Crippen LogP contribution in [-0.2, 0) is 0 Å². The van der Waals surface area contributed by atoms with Gasteiger partial charge in [0.25, 0.3) is 0 Å². The topological polar surface area (TPSA) is 33.1 Å². The summed E-state index contributed by atoms with van der Waals surface area (Å²) in [5.41, 5.74) is 2.83. The molecule has 8 heteroatoms. The zero-order valence-corrected chi connectivity index (χ0v) is 18.9. The van der Waals surface area contributed by atoms with Gasteiger partial charge in [-0.05, 0) is 66.8 Å². The number of benzene rings is 2. The summed E-state index contributed by atoms with van der Waals surface area (Å²) in [4.78, 5) is 6.35. The van der Waals surface area contributed by atoms with Crippen LogP contribution in [0.25, 0.3) is 5.69 Å². The molecule has 0 amide bonds. The van der Waals surface area contributed by atoms with Crippen molar-refractivity contribution in [2.45, 2.75) is 12.1 Å². The van der Waals surface area contributed by atoms with Crippen LogP contribution in [0.1, 0.15) is 23.5 Å². The van der Waals surface area contributed by atoms with Crippen LogP contribution in [0.15, 0.2) is 85.2 Å². The highest BCUT2D eigenvalue weighted by Gasteiger charge is 2.43. The summed E-state index contributed by atoms with van der Waals surface area (Å²) in [6.45, 7) is 0. The number of pyridine rings is 1. The quantitative estimate of drug-likeness (QED) is 0.336. The first-order valence-corrected chi connectivity index (χ1v) is 11.1. The van der Waals surface area contributed by atoms with Gasteiger partial charge in [0.15, 0.2) is 5.11 Å². The van der Waals surface area contributed by atoms with E-state index in [-0.39, 0.29) is 17.9 Å². The van der Waals surface area contributed by atoms with E-state index in [1.165, 1.54) is 6.07 Å². The molecular formula is C24H17Cl2FN4S. The number of anilines is 1. The fraction of sp³-hybridized carbons (Fsp3) is 0.0833. The first kappa shape index (κ1) is 20.9. The monoisotopic (exact) mass is 482 g/mol. The van der Waals surface area contributed by atoms with Gasteiger partial charge in [0, 0.05) is 23.1 Å². The summed E-state index contributed by atoms with van der Waals surface area (Å²) in [6, 6.07) is 20.9. The van der Waals surface area contributed by atoms with E-state index in [0.717, 1.165) is 17.1 Å². The Morgan fingerprint density at radius 2 is 1.75 bits per heavy atom. The third-order valence-corrected chi connectivity index (χ3v) is 6.32. The van der Waals surface area contributed by atoms with Gasteiger partial charge in [0.05, 0.1) is 28.1 Å². The molecule has 0 saturated carbocycles. The number of para-hydroxylation sites is 1. The Hall–Kier alpha value is -2.93. The smallest absolute Gasteiger partial charge is 0.174 e. The molecule has 32 heavy (non-hydrogen) atoms. The van der Waals surface area contributed by atoms with Gasteiger partial charge in [-0.3, -0.25) is 4.98 Å². The summed E-state index contributed by atoms with van der Waals surface area (Å²) in [5, 5.41) is 4.83. The number of halogens is 3. The average Bonchev–Trinajstić information content (AvgIpc) is 3.39. The molecule has 1 fully saturated rings. The Morgan fingerprint density at radius 1 is 0.938 bits per heavy atom. The minimum absolute atomic E-state index is 0.303. The SMILES string of the molecule is Fc1ccccc1N1C(=S)N[C@H](c2ccccn2)[C@H]1c1cccn1-c1ccc(Cl)cc1Cl. The number of aromatic nitrogens is 2. The number of rotatable bonds is 4. The highest BCUT2D eigenvalue weighted by molar-refractivity contribution is 7.80. The lowest BCUT2D eigenvalue weighted by Crippen LogP contribution is -2.31. The molecule has 2 aromatic carbocycles. The van der Waals surface area contributed by atoms with Gasteiger partial charge in [-0.25, -0.2) is 4.39 Å². The van der Waals surface area contributed by atoms with Crippen LogP contribution in [0.5, 0.6) is 0 Å². The van der Waals surface area contributed by atoms with Crippen molar-refractivity contribution in [2.24, 2.45) is 0 Å². The van der Waals surface area contributed by atoms with E-state index in [2.05, 4.69) is 10.3 Å².